The summed E-state index contributed by atoms with van der Waals surface area (Å²) < 4.78 is 10.4. The number of carbonyl (C=O) groups excluding carboxylic acids is 3. The van der Waals surface area contributed by atoms with Crippen molar-refractivity contribution in [2.24, 2.45) is 0 Å². The monoisotopic (exact) mass is 444 g/mol. The van der Waals surface area contributed by atoms with E-state index in [1.54, 1.807) is 74.9 Å². The van der Waals surface area contributed by atoms with Gasteiger partial charge in [-0.3, -0.25) is 14.4 Å². The molecule has 0 N–H and O–H groups in total. The van der Waals surface area contributed by atoms with Gasteiger partial charge in [0.1, 0.15) is 17.5 Å². The van der Waals surface area contributed by atoms with Gasteiger partial charge >= 0.3 is 0 Å². The van der Waals surface area contributed by atoms with Crippen LogP contribution >= 0.6 is 0 Å². The summed E-state index contributed by atoms with van der Waals surface area (Å²) in [6.45, 7) is 0.178. The SMILES string of the molecule is COc1ccc(CN(C(=O)c2ccccc2)[C@H]2CC(=O)N(c3ccc(OC)cc3)C2=O)cc1. The van der Waals surface area contributed by atoms with Crippen LogP contribution < -0.4 is 14.4 Å². The molecule has 1 saturated heterocycles. The highest BCUT2D eigenvalue weighted by Crippen LogP contribution is 2.29. The van der Waals surface area contributed by atoms with Crippen molar-refractivity contribution >= 4 is 23.4 Å². The molecule has 33 heavy (non-hydrogen) atoms. The lowest BCUT2D eigenvalue weighted by molar-refractivity contribution is -0.122. The predicted molar refractivity (Wildman–Crippen MR) is 123 cm³/mol. The Morgan fingerprint density at radius 1 is 0.879 bits per heavy atom. The largest absolute Gasteiger partial charge is 0.497 e. The smallest absolute Gasteiger partial charge is 0.257 e. The topological polar surface area (TPSA) is 76.2 Å². The number of anilines is 1. The molecule has 0 aromatic heterocycles. The lowest BCUT2D eigenvalue weighted by Gasteiger charge is -2.28. The van der Waals surface area contributed by atoms with Crippen molar-refractivity contribution in [1.82, 2.24) is 4.90 Å². The average molecular weight is 444 g/mol. The summed E-state index contributed by atoms with van der Waals surface area (Å²) in [5.41, 5.74) is 1.72. The zero-order chi connectivity index (χ0) is 23.4. The third-order valence-electron chi connectivity index (χ3n) is 5.62. The highest BCUT2D eigenvalue weighted by Gasteiger charge is 2.44. The van der Waals surface area contributed by atoms with Gasteiger partial charge in [0.05, 0.1) is 26.3 Å². The number of hydrogen-bond acceptors (Lipinski definition) is 5. The van der Waals surface area contributed by atoms with E-state index < -0.39 is 11.9 Å². The molecule has 0 unspecified atom stereocenters. The summed E-state index contributed by atoms with van der Waals surface area (Å²) in [7, 11) is 3.13. The van der Waals surface area contributed by atoms with Crippen molar-refractivity contribution < 1.29 is 23.9 Å². The van der Waals surface area contributed by atoms with Crippen LogP contribution in [0.15, 0.2) is 78.9 Å². The summed E-state index contributed by atoms with van der Waals surface area (Å²) in [4.78, 5) is 42.3. The van der Waals surface area contributed by atoms with Crippen molar-refractivity contribution in [1.29, 1.82) is 0 Å². The van der Waals surface area contributed by atoms with Crippen LogP contribution in [-0.4, -0.2) is 42.9 Å². The number of amides is 3. The number of ether oxygens (including phenoxy) is 2. The molecule has 1 heterocycles. The van der Waals surface area contributed by atoms with Crippen LogP contribution in [0.4, 0.5) is 5.69 Å². The molecule has 7 nitrogen and oxygen atoms in total. The van der Waals surface area contributed by atoms with E-state index in [4.69, 9.17) is 9.47 Å². The van der Waals surface area contributed by atoms with E-state index in [1.807, 2.05) is 18.2 Å². The fourth-order valence-corrected chi connectivity index (χ4v) is 3.86. The van der Waals surface area contributed by atoms with Gasteiger partial charge in [0.15, 0.2) is 0 Å². The number of carbonyl (C=O) groups is 3. The first-order valence-electron chi connectivity index (χ1n) is 10.5. The molecule has 3 amide bonds. The molecular weight excluding hydrogens is 420 g/mol. The maximum atomic E-state index is 13.4. The van der Waals surface area contributed by atoms with Gasteiger partial charge in [-0.25, -0.2) is 4.90 Å². The Kier molecular flexibility index (Phi) is 6.40. The van der Waals surface area contributed by atoms with Crippen LogP contribution in [-0.2, 0) is 16.1 Å². The van der Waals surface area contributed by atoms with Crippen molar-refractivity contribution in [3.8, 4) is 11.5 Å². The maximum absolute atomic E-state index is 13.4. The molecule has 0 bridgehead atoms. The minimum atomic E-state index is -0.908. The third-order valence-corrected chi connectivity index (χ3v) is 5.62. The molecule has 1 fully saturated rings. The summed E-state index contributed by atoms with van der Waals surface area (Å²) in [6.07, 6.45) is -0.0837. The second kappa shape index (κ2) is 9.56. The lowest BCUT2D eigenvalue weighted by Crippen LogP contribution is -2.45. The van der Waals surface area contributed by atoms with Gasteiger partial charge in [0.2, 0.25) is 5.91 Å². The fourth-order valence-electron chi connectivity index (χ4n) is 3.86. The molecule has 1 aliphatic rings. The summed E-state index contributed by atoms with van der Waals surface area (Å²) in [5.74, 6) is 0.222. The number of hydrogen-bond donors (Lipinski definition) is 0. The number of benzene rings is 3. The van der Waals surface area contributed by atoms with Crippen LogP contribution in [0.3, 0.4) is 0 Å². The Bertz CT molecular complexity index is 1140. The number of imide groups is 1. The zero-order valence-electron chi connectivity index (χ0n) is 18.4. The average Bonchev–Trinajstić information content (AvgIpc) is 3.16. The molecule has 0 spiro atoms. The Morgan fingerprint density at radius 2 is 1.45 bits per heavy atom. The molecule has 4 rings (SSSR count). The van der Waals surface area contributed by atoms with Gasteiger partial charge in [-0.15, -0.1) is 0 Å². The van der Waals surface area contributed by atoms with Crippen LogP contribution in [0.2, 0.25) is 0 Å². The standard InChI is InChI=1S/C26H24N2O5/c1-32-21-12-8-18(9-13-21)17-27(25(30)19-6-4-3-5-7-19)23-16-24(29)28(26(23)31)20-10-14-22(33-2)15-11-20/h3-15,23H,16-17H2,1-2H3/t23-/m0/s1. The molecule has 1 atom stereocenters. The molecule has 0 saturated carbocycles. The quantitative estimate of drug-likeness (QED) is 0.520. The Hall–Kier alpha value is -4.13. The minimum Gasteiger partial charge on any atom is -0.497 e. The molecule has 1 aliphatic heterocycles. The van der Waals surface area contributed by atoms with Crippen LogP contribution in [0.25, 0.3) is 0 Å². The normalized spacial score (nSPS) is 15.5. The van der Waals surface area contributed by atoms with Crippen molar-refractivity contribution in [2.45, 2.75) is 19.0 Å². The van der Waals surface area contributed by atoms with E-state index in [9.17, 15) is 14.4 Å². The number of nitrogens with zero attached hydrogens (tertiary/aromatic N) is 2. The van der Waals surface area contributed by atoms with E-state index in [0.29, 0.717) is 22.7 Å². The van der Waals surface area contributed by atoms with Gasteiger partial charge in [0, 0.05) is 12.1 Å². The predicted octanol–water partition coefficient (Wildman–Crippen LogP) is 3.68. The van der Waals surface area contributed by atoms with Crippen LogP contribution in [0, 0.1) is 0 Å². The Labute approximate surface area is 192 Å². The van der Waals surface area contributed by atoms with Crippen molar-refractivity contribution in [3.05, 3.63) is 90.0 Å². The van der Waals surface area contributed by atoms with Gasteiger partial charge < -0.3 is 14.4 Å². The number of methoxy groups -OCH3 is 2. The zero-order valence-corrected chi connectivity index (χ0v) is 18.4. The first-order chi connectivity index (χ1) is 16.0. The summed E-state index contributed by atoms with van der Waals surface area (Å²) >= 11 is 0. The second-order valence-electron chi connectivity index (χ2n) is 7.63. The highest BCUT2D eigenvalue weighted by molar-refractivity contribution is 6.23. The number of rotatable bonds is 7. The first-order valence-corrected chi connectivity index (χ1v) is 10.5. The molecule has 7 heteroatoms. The third kappa shape index (κ3) is 4.57. The van der Waals surface area contributed by atoms with Crippen LogP contribution in [0.1, 0.15) is 22.3 Å². The molecule has 0 radical (unpaired) electrons. The van der Waals surface area contributed by atoms with E-state index >= 15 is 0 Å². The minimum absolute atomic E-state index is 0.0837. The molecule has 3 aromatic carbocycles. The lowest BCUT2D eigenvalue weighted by atomic mass is 10.1. The Morgan fingerprint density at radius 3 is 2.03 bits per heavy atom. The van der Waals surface area contributed by atoms with Gasteiger partial charge in [0.25, 0.3) is 11.8 Å². The van der Waals surface area contributed by atoms with Gasteiger partial charge in [-0.05, 0) is 54.1 Å². The first kappa shape index (κ1) is 22.1. The van der Waals surface area contributed by atoms with Crippen LogP contribution in [0.5, 0.6) is 11.5 Å². The maximum Gasteiger partial charge on any atom is 0.257 e. The molecule has 0 aliphatic carbocycles. The van der Waals surface area contributed by atoms with Crippen molar-refractivity contribution in [2.75, 3.05) is 19.1 Å². The molecular formula is C26H24N2O5. The van der Waals surface area contributed by atoms with Gasteiger partial charge in [-0.2, -0.15) is 0 Å². The van der Waals surface area contributed by atoms with Crippen molar-refractivity contribution in [3.63, 3.8) is 0 Å². The summed E-state index contributed by atoms with van der Waals surface area (Å²) in [6, 6.07) is 21.8. The highest BCUT2D eigenvalue weighted by atomic mass is 16.5. The van der Waals surface area contributed by atoms with E-state index in [-0.39, 0.29) is 24.8 Å². The van der Waals surface area contributed by atoms with Gasteiger partial charge in [-0.1, -0.05) is 30.3 Å². The van der Waals surface area contributed by atoms with E-state index in [1.165, 1.54) is 4.90 Å². The molecule has 3 aromatic rings. The van der Waals surface area contributed by atoms with E-state index in [2.05, 4.69) is 0 Å². The molecule has 168 valence electrons. The fraction of sp³-hybridized carbons (Fsp3) is 0.192. The second-order valence-corrected chi connectivity index (χ2v) is 7.63. The van der Waals surface area contributed by atoms with E-state index in [0.717, 1.165) is 10.5 Å². The Balaban J connectivity index is 1.65. The summed E-state index contributed by atoms with van der Waals surface area (Å²) in [5, 5.41) is 0.